The minimum Gasteiger partial charge on any atom is -0.350 e. The van der Waals surface area contributed by atoms with Crippen LogP contribution in [0.2, 0.25) is 0 Å². The van der Waals surface area contributed by atoms with Gasteiger partial charge in [-0.1, -0.05) is 29.8 Å². The van der Waals surface area contributed by atoms with Crippen molar-refractivity contribution in [1.82, 2.24) is 16.0 Å². The van der Waals surface area contributed by atoms with Gasteiger partial charge < -0.3 is 21.3 Å². The molecule has 4 amide bonds. The van der Waals surface area contributed by atoms with Crippen LogP contribution >= 0.6 is 0 Å². The van der Waals surface area contributed by atoms with Crippen LogP contribution in [-0.4, -0.2) is 29.9 Å². The maximum absolute atomic E-state index is 12.3. The number of carbonyl (C=O) groups excluding carboxylic acids is 3. The van der Waals surface area contributed by atoms with Gasteiger partial charge in [-0.25, -0.2) is 4.79 Å². The fourth-order valence-corrected chi connectivity index (χ4v) is 2.61. The van der Waals surface area contributed by atoms with E-state index in [-0.39, 0.29) is 23.9 Å². The predicted molar refractivity (Wildman–Crippen MR) is 114 cm³/mol. The number of aryl methyl sites for hydroxylation is 1. The highest BCUT2D eigenvalue weighted by atomic mass is 16.2. The smallest absolute Gasteiger partial charge is 0.319 e. The number of urea groups is 1. The van der Waals surface area contributed by atoms with E-state index in [1.807, 2.05) is 39.0 Å². The Morgan fingerprint density at radius 1 is 0.931 bits per heavy atom. The maximum Gasteiger partial charge on any atom is 0.319 e. The summed E-state index contributed by atoms with van der Waals surface area (Å²) in [4.78, 5) is 36.2. The molecule has 0 aliphatic carbocycles. The molecule has 0 radical (unpaired) electrons. The molecule has 0 saturated heterocycles. The summed E-state index contributed by atoms with van der Waals surface area (Å²) in [6.45, 7) is 7.64. The lowest BCUT2D eigenvalue weighted by Gasteiger charge is -2.15. The third-order valence-electron chi connectivity index (χ3n) is 4.12. The number of amides is 4. The lowest BCUT2D eigenvalue weighted by molar-refractivity contribution is -0.122. The summed E-state index contributed by atoms with van der Waals surface area (Å²) in [5.41, 5.74) is 3.05. The first kappa shape index (κ1) is 21.9. The third-order valence-corrected chi connectivity index (χ3v) is 4.12. The van der Waals surface area contributed by atoms with E-state index >= 15 is 0 Å². The van der Waals surface area contributed by atoms with Gasteiger partial charge in [0, 0.05) is 23.8 Å². The molecule has 7 nitrogen and oxygen atoms in total. The van der Waals surface area contributed by atoms with Gasteiger partial charge >= 0.3 is 6.03 Å². The van der Waals surface area contributed by atoms with Crippen molar-refractivity contribution >= 4 is 23.5 Å². The first-order chi connectivity index (χ1) is 13.7. The molecule has 0 aliphatic rings. The van der Waals surface area contributed by atoms with Gasteiger partial charge in [-0.05, 0) is 57.5 Å². The molecular weight excluding hydrogens is 368 g/mol. The van der Waals surface area contributed by atoms with E-state index in [1.165, 1.54) is 0 Å². The molecule has 0 spiro atoms. The van der Waals surface area contributed by atoms with Crippen molar-refractivity contribution in [2.75, 3.05) is 5.32 Å². The zero-order chi connectivity index (χ0) is 21.4. The van der Waals surface area contributed by atoms with E-state index in [2.05, 4.69) is 21.3 Å². The van der Waals surface area contributed by atoms with Gasteiger partial charge in [0.05, 0.1) is 0 Å². The Labute approximate surface area is 171 Å². The molecule has 2 aromatic carbocycles. The van der Waals surface area contributed by atoms with Gasteiger partial charge in [0.25, 0.3) is 5.91 Å². The molecule has 2 rings (SSSR count). The molecule has 0 bridgehead atoms. The summed E-state index contributed by atoms with van der Waals surface area (Å²) >= 11 is 0. The molecule has 2 aromatic rings. The molecule has 0 aliphatic heterocycles. The second-order valence-corrected chi connectivity index (χ2v) is 7.23. The predicted octanol–water partition coefficient (Wildman–Crippen LogP) is 2.96. The van der Waals surface area contributed by atoms with Crippen molar-refractivity contribution in [2.24, 2.45) is 0 Å². The molecular formula is C22H28N4O3. The summed E-state index contributed by atoms with van der Waals surface area (Å²) in [6.07, 6.45) is 0. The molecule has 154 valence electrons. The number of carbonyl (C=O) groups is 3. The number of benzene rings is 2. The van der Waals surface area contributed by atoms with Crippen molar-refractivity contribution in [2.45, 2.75) is 46.3 Å². The number of hydrogen-bond donors (Lipinski definition) is 4. The Bertz CT molecular complexity index is 863. The number of rotatable bonds is 7. The van der Waals surface area contributed by atoms with Crippen LogP contribution in [0, 0.1) is 6.92 Å². The fourth-order valence-electron chi connectivity index (χ4n) is 2.61. The summed E-state index contributed by atoms with van der Waals surface area (Å²) < 4.78 is 0. The van der Waals surface area contributed by atoms with E-state index in [1.54, 1.807) is 37.3 Å². The van der Waals surface area contributed by atoms with Gasteiger partial charge in [-0.15, -0.1) is 0 Å². The quantitative estimate of drug-likeness (QED) is 0.579. The highest BCUT2D eigenvalue weighted by molar-refractivity contribution is 5.97. The van der Waals surface area contributed by atoms with Crippen molar-refractivity contribution < 1.29 is 14.4 Å². The van der Waals surface area contributed by atoms with Crippen molar-refractivity contribution in [1.29, 1.82) is 0 Å². The summed E-state index contributed by atoms with van der Waals surface area (Å²) in [7, 11) is 0. The van der Waals surface area contributed by atoms with Gasteiger partial charge in [-0.3, -0.25) is 9.59 Å². The zero-order valence-corrected chi connectivity index (χ0v) is 17.2. The topological polar surface area (TPSA) is 99.3 Å². The molecule has 7 heteroatoms. The van der Waals surface area contributed by atoms with E-state index < -0.39 is 6.04 Å². The van der Waals surface area contributed by atoms with Crippen LogP contribution in [0.15, 0.2) is 48.5 Å². The minimum absolute atomic E-state index is 0.0536. The summed E-state index contributed by atoms with van der Waals surface area (Å²) in [6, 6.07) is 13.5. The van der Waals surface area contributed by atoms with Gasteiger partial charge in [-0.2, -0.15) is 0 Å². The van der Waals surface area contributed by atoms with E-state index in [9.17, 15) is 14.4 Å². The standard InChI is InChI=1S/C22H28N4O3/c1-14(2)24-22(29)26-19-10-8-17(9-11-19)13-23-20(27)16(4)25-21(28)18-7-5-6-15(3)12-18/h5-12,14,16H,13H2,1-4H3,(H,23,27)(H,25,28)(H2,24,26,29)/t16-/m1/s1. The maximum atomic E-state index is 12.3. The van der Waals surface area contributed by atoms with Gasteiger partial charge in [0.2, 0.25) is 5.91 Å². The third kappa shape index (κ3) is 7.29. The molecule has 4 N–H and O–H groups in total. The summed E-state index contributed by atoms with van der Waals surface area (Å²) in [5.74, 6) is -0.559. The summed E-state index contributed by atoms with van der Waals surface area (Å²) in [5, 5.41) is 11.0. The van der Waals surface area contributed by atoms with Crippen LogP contribution in [0.4, 0.5) is 10.5 Å². The molecule has 0 heterocycles. The monoisotopic (exact) mass is 396 g/mol. The van der Waals surface area contributed by atoms with Crippen LogP contribution in [0.25, 0.3) is 0 Å². The first-order valence-electron chi connectivity index (χ1n) is 9.56. The second-order valence-electron chi connectivity index (χ2n) is 7.23. The Morgan fingerprint density at radius 2 is 1.62 bits per heavy atom. The minimum atomic E-state index is -0.663. The van der Waals surface area contributed by atoms with Crippen molar-refractivity contribution in [3.63, 3.8) is 0 Å². The highest BCUT2D eigenvalue weighted by Gasteiger charge is 2.16. The molecule has 0 fully saturated rings. The van der Waals surface area contributed by atoms with Crippen molar-refractivity contribution in [3.05, 3.63) is 65.2 Å². The van der Waals surface area contributed by atoms with E-state index in [0.717, 1.165) is 11.1 Å². The van der Waals surface area contributed by atoms with E-state index in [0.29, 0.717) is 17.8 Å². The molecule has 0 saturated carbocycles. The molecule has 0 unspecified atom stereocenters. The Balaban J connectivity index is 1.82. The lowest BCUT2D eigenvalue weighted by Crippen LogP contribution is -2.44. The van der Waals surface area contributed by atoms with Gasteiger partial charge in [0.1, 0.15) is 6.04 Å². The number of nitrogens with one attached hydrogen (secondary N) is 4. The Morgan fingerprint density at radius 3 is 2.24 bits per heavy atom. The normalized spacial score (nSPS) is 11.5. The lowest BCUT2D eigenvalue weighted by atomic mass is 10.1. The molecule has 0 aromatic heterocycles. The average Bonchev–Trinajstić information content (AvgIpc) is 2.66. The van der Waals surface area contributed by atoms with Crippen LogP contribution in [0.3, 0.4) is 0 Å². The highest BCUT2D eigenvalue weighted by Crippen LogP contribution is 2.09. The average molecular weight is 396 g/mol. The Hall–Kier alpha value is -3.35. The van der Waals surface area contributed by atoms with Crippen molar-refractivity contribution in [3.8, 4) is 0 Å². The molecule has 29 heavy (non-hydrogen) atoms. The fraction of sp³-hybridized carbons (Fsp3) is 0.318. The number of anilines is 1. The van der Waals surface area contributed by atoms with E-state index in [4.69, 9.17) is 0 Å². The zero-order valence-electron chi connectivity index (χ0n) is 17.2. The van der Waals surface area contributed by atoms with Gasteiger partial charge in [0.15, 0.2) is 0 Å². The molecule has 1 atom stereocenters. The SMILES string of the molecule is Cc1cccc(C(=O)N[C@H](C)C(=O)NCc2ccc(NC(=O)NC(C)C)cc2)c1. The largest absolute Gasteiger partial charge is 0.350 e. The van der Waals surface area contributed by atoms with Crippen LogP contribution in [-0.2, 0) is 11.3 Å². The first-order valence-corrected chi connectivity index (χ1v) is 9.56. The van der Waals surface area contributed by atoms with Crippen LogP contribution < -0.4 is 21.3 Å². The number of hydrogen-bond acceptors (Lipinski definition) is 3. The Kier molecular flexibility index (Phi) is 7.77. The van der Waals surface area contributed by atoms with Crippen LogP contribution in [0.5, 0.6) is 0 Å². The van der Waals surface area contributed by atoms with Crippen LogP contribution in [0.1, 0.15) is 42.3 Å². The second kappa shape index (κ2) is 10.3.